The average Bonchev–Trinajstić information content (AvgIpc) is 2.84. The first-order chi connectivity index (χ1) is 9.76. The second-order valence-electron chi connectivity index (χ2n) is 5.91. The minimum absolute atomic E-state index is 0. The standard InChI is InChI=1S/C14H26F3N3O.2ClH/c1-3-13(4-2,9-18)12(21)19-7-11-5-6-20(8-11)10-14(15,16)17;;/h11H,3-10,18H2,1-2H3,(H,19,21);2*1H. The van der Waals surface area contributed by atoms with Gasteiger partial charge in [-0.25, -0.2) is 0 Å². The van der Waals surface area contributed by atoms with Gasteiger partial charge in [0.1, 0.15) is 0 Å². The fraction of sp³-hybridized carbons (Fsp3) is 0.929. The molecule has 0 aromatic rings. The van der Waals surface area contributed by atoms with Crippen molar-refractivity contribution in [2.24, 2.45) is 17.1 Å². The van der Waals surface area contributed by atoms with Crippen molar-refractivity contribution in [3.63, 3.8) is 0 Å². The van der Waals surface area contributed by atoms with Gasteiger partial charge in [-0.15, -0.1) is 24.8 Å². The van der Waals surface area contributed by atoms with Crippen LogP contribution in [0.2, 0.25) is 0 Å². The average molecular weight is 382 g/mol. The van der Waals surface area contributed by atoms with Crippen LogP contribution in [0.15, 0.2) is 0 Å². The van der Waals surface area contributed by atoms with Gasteiger partial charge in [0.2, 0.25) is 5.91 Å². The molecule has 1 saturated heterocycles. The van der Waals surface area contributed by atoms with Gasteiger partial charge in [0.25, 0.3) is 0 Å². The molecular weight excluding hydrogens is 354 g/mol. The molecular formula is C14H28Cl2F3N3O. The Morgan fingerprint density at radius 2 is 1.83 bits per heavy atom. The maximum Gasteiger partial charge on any atom is 0.401 e. The first-order valence-electron chi connectivity index (χ1n) is 7.53. The van der Waals surface area contributed by atoms with E-state index in [1.807, 2.05) is 13.8 Å². The van der Waals surface area contributed by atoms with E-state index in [4.69, 9.17) is 5.73 Å². The molecule has 1 rings (SSSR count). The summed E-state index contributed by atoms with van der Waals surface area (Å²) in [5.74, 6) is 0.00441. The Bertz CT molecular complexity index is 344. The molecule has 140 valence electrons. The molecule has 1 heterocycles. The van der Waals surface area contributed by atoms with E-state index in [9.17, 15) is 18.0 Å². The summed E-state index contributed by atoms with van der Waals surface area (Å²) in [5, 5.41) is 2.87. The number of alkyl halides is 3. The highest BCUT2D eigenvalue weighted by Crippen LogP contribution is 2.26. The highest BCUT2D eigenvalue weighted by Gasteiger charge is 2.36. The quantitative estimate of drug-likeness (QED) is 0.712. The number of amides is 1. The molecule has 1 aliphatic heterocycles. The molecule has 0 radical (unpaired) electrons. The van der Waals surface area contributed by atoms with Gasteiger partial charge in [0.15, 0.2) is 0 Å². The second-order valence-corrected chi connectivity index (χ2v) is 5.91. The number of halogens is 5. The number of hydrogen-bond donors (Lipinski definition) is 2. The summed E-state index contributed by atoms with van der Waals surface area (Å²) in [7, 11) is 0. The lowest BCUT2D eigenvalue weighted by Crippen LogP contribution is -2.46. The summed E-state index contributed by atoms with van der Waals surface area (Å²) < 4.78 is 37.0. The van der Waals surface area contributed by atoms with E-state index >= 15 is 0 Å². The van der Waals surface area contributed by atoms with Crippen LogP contribution < -0.4 is 11.1 Å². The zero-order chi connectivity index (χ0) is 16.1. The molecule has 1 aliphatic rings. The summed E-state index contributed by atoms with van der Waals surface area (Å²) in [6.45, 7) is 4.52. The van der Waals surface area contributed by atoms with E-state index in [0.717, 1.165) is 0 Å². The SMILES string of the molecule is CCC(CC)(CN)C(=O)NCC1CCN(CC(F)(F)F)C1.Cl.Cl. The van der Waals surface area contributed by atoms with Crippen molar-refractivity contribution in [3.8, 4) is 0 Å². The van der Waals surface area contributed by atoms with Crippen LogP contribution in [0.3, 0.4) is 0 Å². The fourth-order valence-electron chi connectivity index (χ4n) is 2.85. The Balaban J connectivity index is 0. The van der Waals surface area contributed by atoms with Gasteiger partial charge in [-0.1, -0.05) is 13.8 Å². The van der Waals surface area contributed by atoms with E-state index in [-0.39, 0.29) is 43.2 Å². The molecule has 0 saturated carbocycles. The third-order valence-corrected chi connectivity index (χ3v) is 4.55. The predicted molar refractivity (Wildman–Crippen MR) is 90.2 cm³/mol. The number of likely N-dealkylation sites (tertiary alicyclic amines) is 1. The molecule has 4 nitrogen and oxygen atoms in total. The molecule has 0 bridgehead atoms. The van der Waals surface area contributed by atoms with Gasteiger partial charge in [-0.05, 0) is 31.7 Å². The maximum atomic E-state index is 12.3. The number of nitrogens with two attached hydrogens (primary N) is 1. The predicted octanol–water partition coefficient (Wildman–Crippen LogP) is 2.60. The summed E-state index contributed by atoms with van der Waals surface area (Å²) in [6.07, 6.45) is -2.14. The lowest BCUT2D eigenvalue weighted by molar-refractivity contribution is -0.144. The number of rotatable bonds is 7. The van der Waals surface area contributed by atoms with Crippen LogP contribution in [-0.4, -0.2) is 49.7 Å². The van der Waals surface area contributed by atoms with E-state index in [2.05, 4.69) is 5.32 Å². The number of carbonyl (C=O) groups excluding carboxylic acids is 1. The third kappa shape index (κ3) is 7.45. The van der Waals surface area contributed by atoms with Crippen molar-refractivity contribution in [3.05, 3.63) is 0 Å². The lowest BCUT2D eigenvalue weighted by Gasteiger charge is -2.29. The smallest absolute Gasteiger partial charge is 0.355 e. The first-order valence-corrected chi connectivity index (χ1v) is 7.53. The summed E-state index contributed by atoms with van der Waals surface area (Å²) in [6, 6.07) is 0. The van der Waals surface area contributed by atoms with Gasteiger partial charge < -0.3 is 11.1 Å². The number of hydrogen-bond acceptors (Lipinski definition) is 3. The van der Waals surface area contributed by atoms with Crippen LogP contribution in [0.5, 0.6) is 0 Å². The van der Waals surface area contributed by atoms with E-state index < -0.39 is 18.1 Å². The monoisotopic (exact) mass is 381 g/mol. The number of nitrogens with one attached hydrogen (secondary N) is 1. The Kier molecular flexibility index (Phi) is 11.5. The van der Waals surface area contributed by atoms with Crippen LogP contribution >= 0.6 is 24.8 Å². The number of nitrogens with zero attached hydrogens (tertiary/aromatic N) is 1. The van der Waals surface area contributed by atoms with Gasteiger partial charge in [0.05, 0.1) is 12.0 Å². The molecule has 0 spiro atoms. The second kappa shape index (κ2) is 10.6. The molecule has 1 atom stereocenters. The normalized spacial score (nSPS) is 19.0. The van der Waals surface area contributed by atoms with Gasteiger partial charge in [-0.2, -0.15) is 13.2 Å². The first kappa shape index (κ1) is 25.0. The topological polar surface area (TPSA) is 58.4 Å². The zero-order valence-electron chi connectivity index (χ0n) is 13.6. The van der Waals surface area contributed by atoms with Crippen molar-refractivity contribution in [1.82, 2.24) is 10.2 Å². The molecule has 9 heteroatoms. The van der Waals surface area contributed by atoms with Crippen molar-refractivity contribution < 1.29 is 18.0 Å². The maximum absolute atomic E-state index is 12.3. The Morgan fingerprint density at radius 3 is 2.26 bits per heavy atom. The highest BCUT2D eigenvalue weighted by atomic mass is 35.5. The molecule has 0 aromatic heterocycles. The largest absolute Gasteiger partial charge is 0.401 e. The summed E-state index contributed by atoms with van der Waals surface area (Å²) in [5.41, 5.74) is 5.16. The van der Waals surface area contributed by atoms with Crippen LogP contribution in [0.1, 0.15) is 33.1 Å². The Hall–Kier alpha value is -0.240. The van der Waals surface area contributed by atoms with Crippen molar-refractivity contribution in [1.29, 1.82) is 0 Å². The highest BCUT2D eigenvalue weighted by molar-refractivity contribution is 5.85. The molecule has 1 fully saturated rings. The van der Waals surface area contributed by atoms with Crippen LogP contribution in [0, 0.1) is 11.3 Å². The minimum atomic E-state index is -4.16. The van der Waals surface area contributed by atoms with E-state index in [1.54, 1.807) is 0 Å². The van der Waals surface area contributed by atoms with Crippen LogP contribution in [-0.2, 0) is 4.79 Å². The minimum Gasteiger partial charge on any atom is -0.355 e. The molecule has 23 heavy (non-hydrogen) atoms. The number of carbonyl (C=O) groups is 1. The van der Waals surface area contributed by atoms with Gasteiger partial charge in [0, 0.05) is 19.6 Å². The van der Waals surface area contributed by atoms with Crippen molar-refractivity contribution >= 4 is 30.7 Å². The van der Waals surface area contributed by atoms with E-state index in [1.165, 1.54) is 4.90 Å². The summed E-state index contributed by atoms with van der Waals surface area (Å²) >= 11 is 0. The zero-order valence-corrected chi connectivity index (χ0v) is 15.3. The van der Waals surface area contributed by atoms with Crippen LogP contribution in [0.25, 0.3) is 0 Å². The van der Waals surface area contributed by atoms with Crippen molar-refractivity contribution in [2.45, 2.75) is 39.3 Å². The van der Waals surface area contributed by atoms with Gasteiger partial charge in [-0.3, -0.25) is 9.69 Å². The van der Waals surface area contributed by atoms with E-state index in [0.29, 0.717) is 38.9 Å². The molecule has 3 N–H and O–H groups in total. The third-order valence-electron chi connectivity index (χ3n) is 4.55. The lowest BCUT2D eigenvalue weighted by atomic mass is 9.81. The fourth-order valence-corrected chi connectivity index (χ4v) is 2.85. The molecule has 0 aromatic carbocycles. The molecule has 0 aliphatic carbocycles. The molecule has 1 unspecified atom stereocenters. The Labute approximate surface area is 148 Å². The Morgan fingerprint density at radius 1 is 1.26 bits per heavy atom. The summed E-state index contributed by atoms with van der Waals surface area (Å²) in [4.78, 5) is 13.6. The van der Waals surface area contributed by atoms with Crippen molar-refractivity contribution in [2.75, 3.05) is 32.7 Å². The van der Waals surface area contributed by atoms with Crippen LogP contribution in [0.4, 0.5) is 13.2 Å². The van der Waals surface area contributed by atoms with Gasteiger partial charge >= 0.3 is 6.18 Å². The molecule has 1 amide bonds.